The summed E-state index contributed by atoms with van der Waals surface area (Å²) in [5.74, 6) is -0.0232. The van der Waals surface area contributed by atoms with E-state index in [1.807, 2.05) is 0 Å². The minimum Gasteiger partial charge on any atom is -0.482 e. The Hall–Kier alpha value is -2.24. The predicted octanol–water partition coefficient (Wildman–Crippen LogP) is 3.58. The minimum absolute atomic E-state index is 0.0445. The number of hydrogen-bond donors (Lipinski definition) is 2. The first-order valence-corrected chi connectivity index (χ1v) is 7.11. The second kappa shape index (κ2) is 5.87. The Kier molecular flexibility index (Phi) is 3.92. The fourth-order valence-corrected chi connectivity index (χ4v) is 2.29. The van der Waals surface area contributed by atoms with Gasteiger partial charge >= 0.3 is 0 Å². The summed E-state index contributed by atoms with van der Waals surface area (Å²) in [6.07, 6.45) is 0. The fourth-order valence-electron chi connectivity index (χ4n) is 1.99. The van der Waals surface area contributed by atoms with E-state index in [1.165, 1.54) is 6.07 Å². The van der Waals surface area contributed by atoms with Gasteiger partial charge in [0.2, 0.25) is 0 Å². The molecule has 0 atom stereocenters. The van der Waals surface area contributed by atoms with E-state index in [0.29, 0.717) is 32.7 Å². The van der Waals surface area contributed by atoms with Crippen molar-refractivity contribution in [1.82, 2.24) is 0 Å². The van der Waals surface area contributed by atoms with Gasteiger partial charge in [-0.05, 0) is 30.3 Å². The maximum atomic E-state index is 12.2. The quantitative estimate of drug-likeness (QED) is 0.880. The molecular formula is C15H10Cl2N2O3. The summed E-state index contributed by atoms with van der Waals surface area (Å²) in [4.78, 5) is 23.4. The molecule has 7 heteroatoms. The highest BCUT2D eigenvalue weighted by atomic mass is 35.5. The zero-order chi connectivity index (χ0) is 15.7. The SMILES string of the molecule is O=C1COc2cc(NC(=O)c3ccc(Cl)c(Cl)c3)ccc2N1. The van der Waals surface area contributed by atoms with E-state index >= 15 is 0 Å². The maximum Gasteiger partial charge on any atom is 0.262 e. The Labute approximate surface area is 136 Å². The Morgan fingerprint density at radius 2 is 1.95 bits per heavy atom. The van der Waals surface area contributed by atoms with E-state index in [2.05, 4.69) is 10.6 Å². The van der Waals surface area contributed by atoms with Crippen LogP contribution in [0.25, 0.3) is 0 Å². The zero-order valence-corrected chi connectivity index (χ0v) is 12.7. The molecule has 2 N–H and O–H groups in total. The van der Waals surface area contributed by atoms with Crippen LogP contribution in [0.5, 0.6) is 5.75 Å². The number of benzene rings is 2. The third-order valence-corrected chi connectivity index (χ3v) is 3.79. The zero-order valence-electron chi connectivity index (χ0n) is 11.2. The van der Waals surface area contributed by atoms with Crippen molar-refractivity contribution < 1.29 is 14.3 Å². The number of nitrogens with one attached hydrogen (secondary N) is 2. The summed E-state index contributed by atoms with van der Waals surface area (Å²) in [7, 11) is 0. The van der Waals surface area contributed by atoms with Crippen molar-refractivity contribution in [2.24, 2.45) is 0 Å². The maximum absolute atomic E-state index is 12.2. The molecule has 0 saturated heterocycles. The summed E-state index contributed by atoms with van der Waals surface area (Å²) in [6, 6.07) is 9.61. The number of hydrogen-bond acceptors (Lipinski definition) is 3. The average Bonchev–Trinajstić information content (AvgIpc) is 2.50. The van der Waals surface area contributed by atoms with Crippen molar-refractivity contribution in [1.29, 1.82) is 0 Å². The van der Waals surface area contributed by atoms with Crippen LogP contribution in [0.4, 0.5) is 11.4 Å². The average molecular weight is 337 g/mol. The number of anilines is 2. The third-order valence-electron chi connectivity index (χ3n) is 3.05. The molecule has 1 aliphatic heterocycles. The number of amides is 2. The monoisotopic (exact) mass is 336 g/mol. The van der Waals surface area contributed by atoms with Crippen LogP contribution < -0.4 is 15.4 Å². The Bertz CT molecular complexity index is 777. The van der Waals surface area contributed by atoms with Gasteiger partial charge < -0.3 is 15.4 Å². The molecular weight excluding hydrogens is 327 g/mol. The number of ether oxygens (including phenoxy) is 1. The first kappa shape index (κ1) is 14.7. The highest BCUT2D eigenvalue weighted by molar-refractivity contribution is 6.42. The Morgan fingerprint density at radius 3 is 2.73 bits per heavy atom. The highest BCUT2D eigenvalue weighted by Crippen LogP contribution is 2.31. The van der Waals surface area contributed by atoms with Gasteiger partial charge in [0.15, 0.2) is 6.61 Å². The molecule has 22 heavy (non-hydrogen) atoms. The van der Waals surface area contributed by atoms with Gasteiger partial charge in [-0.15, -0.1) is 0 Å². The van der Waals surface area contributed by atoms with E-state index in [0.717, 1.165) is 0 Å². The number of rotatable bonds is 2. The molecule has 2 amide bonds. The van der Waals surface area contributed by atoms with Crippen molar-refractivity contribution >= 4 is 46.4 Å². The van der Waals surface area contributed by atoms with Gasteiger partial charge in [0.1, 0.15) is 5.75 Å². The van der Waals surface area contributed by atoms with Crippen LogP contribution >= 0.6 is 23.2 Å². The first-order chi connectivity index (χ1) is 10.5. The molecule has 1 aliphatic rings. The van der Waals surface area contributed by atoms with E-state index < -0.39 is 0 Å². The van der Waals surface area contributed by atoms with Crippen molar-refractivity contribution in [2.75, 3.05) is 17.2 Å². The van der Waals surface area contributed by atoms with Crippen molar-refractivity contribution in [2.45, 2.75) is 0 Å². The van der Waals surface area contributed by atoms with Gasteiger partial charge in [-0.1, -0.05) is 23.2 Å². The van der Waals surface area contributed by atoms with Crippen LogP contribution in [0.1, 0.15) is 10.4 Å². The first-order valence-electron chi connectivity index (χ1n) is 6.36. The van der Waals surface area contributed by atoms with Gasteiger partial charge in [-0.3, -0.25) is 9.59 Å². The number of carbonyl (C=O) groups excluding carboxylic acids is 2. The summed E-state index contributed by atoms with van der Waals surface area (Å²) in [5, 5.41) is 6.11. The molecule has 1 heterocycles. The van der Waals surface area contributed by atoms with Crippen LogP contribution in [-0.4, -0.2) is 18.4 Å². The normalized spacial score (nSPS) is 12.9. The Morgan fingerprint density at radius 1 is 1.14 bits per heavy atom. The molecule has 3 rings (SSSR count). The van der Waals surface area contributed by atoms with Crippen LogP contribution in [0.2, 0.25) is 10.0 Å². The third kappa shape index (κ3) is 3.00. The summed E-state index contributed by atoms with van der Waals surface area (Å²) in [6.45, 7) is -0.0445. The predicted molar refractivity (Wildman–Crippen MR) is 85.0 cm³/mol. The number of halogens is 2. The lowest BCUT2D eigenvalue weighted by molar-refractivity contribution is -0.118. The summed E-state index contributed by atoms with van der Waals surface area (Å²) < 4.78 is 5.30. The molecule has 2 aromatic carbocycles. The second-order valence-electron chi connectivity index (χ2n) is 4.63. The second-order valence-corrected chi connectivity index (χ2v) is 5.45. The lowest BCUT2D eigenvalue weighted by Crippen LogP contribution is -2.25. The summed E-state index contributed by atoms with van der Waals surface area (Å²) >= 11 is 11.7. The minimum atomic E-state index is -0.321. The number of carbonyl (C=O) groups is 2. The molecule has 0 aromatic heterocycles. The van der Waals surface area contributed by atoms with E-state index in [-0.39, 0.29) is 18.4 Å². The smallest absolute Gasteiger partial charge is 0.262 e. The molecule has 2 aromatic rings. The van der Waals surface area contributed by atoms with Gasteiger partial charge in [0.05, 0.1) is 15.7 Å². The fraction of sp³-hybridized carbons (Fsp3) is 0.0667. The molecule has 0 unspecified atom stereocenters. The molecule has 0 fully saturated rings. The largest absolute Gasteiger partial charge is 0.482 e. The standard InChI is InChI=1S/C15H10Cl2N2O3/c16-10-3-1-8(5-11(10)17)15(21)18-9-2-4-12-13(6-9)22-7-14(20)19-12/h1-6H,7H2,(H,18,21)(H,19,20). The van der Waals surface area contributed by atoms with Gasteiger partial charge in [-0.25, -0.2) is 0 Å². The van der Waals surface area contributed by atoms with Crippen molar-refractivity contribution in [3.63, 3.8) is 0 Å². The topological polar surface area (TPSA) is 67.4 Å². The molecule has 112 valence electrons. The van der Waals surface area contributed by atoms with Crippen LogP contribution in [0.3, 0.4) is 0 Å². The van der Waals surface area contributed by atoms with Crippen molar-refractivity contribution in [3.05, 3.63) is 52.0 Å². The van der Waals surface area contributed by atoms with Gasteiger partial charge in [0.25, 0.3) is 11.8 Å². The summed E-state index contributed by atoms with van der Waals surface area (Å²) in [5.41, 5.74) is 1.51. The lowest BCUT2D eigenvalue weighted by Gasteiger charge is -2.18. The van der Waals surface area contributed by atoms with Crippen molar-refractivity contribution in [3.8, 4) is 5.75 Å². The lowest BCUT2D eigenvalue weighted by atomic mass is 10.2. The van der Waals surface area contributed by atoms with Crippen LogP contribution in [0, 0.1) is 0 Å². The Balaban J connectivity index is 1.79. The molecule has 0 bridgehead atoms. The molecule has 5 nitrogen and oxygen atoms in total. The molecule has 0 radical (unpaired) electrons. The molecule has 0 aliphatic carbocycles. The van der Waals surface area contributed by atoms with Gasteiger partial charge in [0, 0.05) is 17.3 Å². The molecule has 0 spiro atoms. The highest BCUT2D eigenvalue weighted by Gasteiger charge is 2.17. The molecule has 0 saturated carbocycles. The van der Waals surface area contributed by atoms with E-state index in [1.54, 1.807) is 30.3 Å². The van der Waals surface area contributed by atoms with E-state index in [4.69, 9.17) is 27.9 Å². The van der Waals surface area contributed by atoms with Gasteiger partial charge in [-0.2, -0.15) is 0 Å². The van der Waals surface area contributed by atoms with Crippen LogP contribution in [-0.2, 0) is 4.79 Å². The van der Waals surface area contributed by atoms with E-state index in [9.17, 15) is 9.59 Å². The number of fused-ring (bicyclic) bond motifs is 1. The van der Waals surface area contributed by atoms with Crippen LogP contribution in [0.15, 0.2) is 36.4 Å².